The van der Waals surface area contributed by atoms with Gasteiger partial charge in [0.25, 0.3) is 0 Å². The van der Waals surface area contributed by atoms with E-state index in [-0.39, 0.29) is 5.57 Å². The van der Waals surface area contributed by atoms with Gasteiger partial charge in [0.05, 0.1) is 5.57 Å². The van der Waals surface area contributed by atoms with Crippen LogP contribution in [0.15, 0.2) is 46.4 Å². The predicted octanol–water partition coefficient (Wildman–Crippen LogP) is 1.01. The summed E-state index contributed by atoms with van der Waals surface area (Å²) in [4.78, 5) is 11.7. The molecule has 1 aromatic rings. The van der Waals surface area contributed by atoms with Crippen molar-refractivity contribution in [1.29, 1.82) is 0 Å². The SMILES string of the molecule is Cc1cccc(OC(=O)C2=C(N)S(=O)(=O)C=C2)c1. The Morgan fingerprint density at radius 3 is 2.61 bits per heavy atom. The molecule has 0 aromatic heterocycles. The Morgan fingerprint density at radius 1 is 1.33 bits per heavy atom. The molecule has 0 saturated heterocycles. The molecule has 0 aliphatic carbocycles. The lowest BCUT2D eigenvalue weighted by Gasteiger charge is -2.05. The van der Waals surface area contributed by atoms with Gasteiger partial charge < -0.3 is 10.5 Å². The first kappa shape index (κ1) is 12.4. The van der Waals surface area contributed by atoms with E-state index < -0.39 is 20.8 Å². The maximum Gasteiger partial charge on any atom is 0.346 e. The topological polar surface area (TPSA) is 86.5 Å². The van der Waals surface area contributed by atoms with Gasteiger partial charge in [0.1, 0.15) is 10.8 Å². The van der Waals surface area contributed by atoms with Crippen molar-refractivity contribution in [3.8, 4) is 5.75 Å². The molecule has 2 N–H and O–H groups in total. The third-order valence-corrected chi connectivity index (χ3v) is 3.73. The van der Waals surface area contributed by atoms with Gasteiger partial charge in [-0.1, -0.05) is 12.1 Å². The standard InChI is InChI=1S/C12H11NO4S/c1-8-3-2-4-9(7-8)17-12(14)10-5-6-18(15,16)11(10)13/h2-7H,13H2,1H3. The molecular weight excluding hydrogens is 254 g/mol. The van der Waals surface area contributed by atoms with Crippen LogP contribution in [-0.4, -0.2) is 14.4 Å². The number of ether oxygens (including phenoxy) is 1. The highest BCUT2D eigenvalue weighted by atomic mass is 32.2. The lowest BCUT2D eigenvalue weighted by molar-refractivity contribution is -0.129. The number of benzene rings is 1. The molecule has 1 aliphatic rings. The van der Waals surface area contributed by atoms with Crippen molar-refractivity contribution < 1.29 is 17.9 Å². The lowest BCUT2D eigenvalue weighted by atomic mass is 10.2. The molecule has 6 heteroatoms. The molecule has 0 amide bonds. The third kappa shape index (κ3) is 2.28. The minimum Gasteiger partial charge on any atom is -0.423 e. The van der Waals surface area contributed by atoms with Gasteiger partial charge in [-0.3, -0.25) is 0 Å². The van der Waals surface area contributed by atoms with Gasteiger partial charge in [-0.2, -0.15) is 0 Å². The smallest absolute Gasteiger partial charge is 0.346 e. The zero-order chi connectivity index (χ0) is 13.3. The third-order valence-electron chi connectivity index (χ3n) is 2.41. The molecule has 0 bridgehead atoms. The van der Waals surface area contributed by atoms with Crippen LogP contribution < -0.4 is 10.5 Å². The number of carbonyl (C=O) groups is 1. The van der Waals surface area contributed by atoms with Crippen LogP contribution in [0.4, 0.5) is 0 Å². The van der Waals surface area contributed by atoms with Gasteiger partial charge in [0.2, 0.25) is 9.84 Å². The molecule has 0 unspecified atom stereocenters. The number of esters is 1. The number of hydrogen-bond donors (Lipinski definition) is 1. The molecule has 0 spiro atoms. The fourth-order valence-corrected chi connectivity index (χ4v) is 2.40. The van der Waals surface area contributed by atoms with Crippen LogP contribution in [0.25, 0.3) is 0 Å². The number of rotatable bonds is 2. The monoisotopic (exact) mass is 265 g/mol. The first-order chi connectivity index (χ1) is 8.40. The van der Waals surface area contributed by atoms with Crippen molar-refractivity contribution in [2.24, 2.45) is 5.73 Å². The zero-order valence-electron chi connectivity index (χ0n) is 9.58. The van der Waals surface area contributed by atoms with Crippen molar-refractivity contribution in [1.82, 2.24) is 0 Å². The van der Waals surface area contributed by atoms with Gasteiger partial charge in [-0.25, -0.2) is 13.2 Å². The quantitative estimate of drug-likeness (QED) is 0.637. The average Bonchev–Trinajstić information content (AvgIpc) is 2.54. The van der Waals surface area contributed by atoms with Crippen LogP contribution >= 0.6 is 0 Å². The first-order valence-electron chi connectivity index (χ1n) is 5.12. The summed E-state index contributed by atoms with van der Waals surface area (Å²) >= 11 is 0. The van der Waals surface area contributed by atoms with Crippen LogP contribution in [0.2, 0.25) is 0 Å². The van der Waals surface area contributed by atoms with E-state index in [0.29, 0.717) is 5.75 Å². The van der Waals surface area contributed by atoms with Crippen LogP contribution in [-0.2, 0) is 14.6 Å². The van der Waals surface area contributed by atoms with E-state index in [0.717, 1.165) is 17.0 Å². The highest BCUT2D eigenvalue weighted by molar-refractivity contribution is 7.98. The molecule has 1 heterocycles. The molecule has 1 aromatic carbocycles. The fourth-order valence-electron chi connectivity index (χ4n) is 1.48. The maximum absolute atomic E-state index is 11.7. The fraction of sp³-hybridized carbons (Fsp3) is 0.0833. The van der Waals surface area contributed by atoms with E-state index in [1.165, 1.54) is 0 Å². The normalized spacial score (nSPS) is 16.9. The maximum atomic E-state index is 11.7. The molecule has 0 radical (unpaired) electrons. The summed E-state index contributed by atoms with van der Waals surface area (Å²) in [5.41, 5.74) is 6.16. The lowest BCUT2D eigenvalue weighted by Crippen LogP contribution is -2.16. The second kappa shape index (κ2) is 4.30. The Labute approximate surface area is 104 Å². The van der Waals surface area contributed by atoms with Gasteiger partial charge in [0, 0.05) is 5.41 Å². The van der Waals surface area contributed by atoms with Gasteiger partial charge in [-0.05, 0) is 30.7 Å². The first-order valence-corrected chi connectivity index (χ1v) is 6.66. The molecule has 0 atom stereocenters. The summed E-state index contributed by atoms with van der Waals surface area (Å²) in [6.07, 6.45) is 1.14. The van der Waals surface area contributed by atoms with Crippen molar-refractivity contribution in [3.63, 3.8) is 0 Å². The zero-order valence-corrected chi connectivity index (χ0v) is 10.4. The Hall–Kier alpha value is -2.08. The highest BCUT2D eigenvalue weighted by Crippen LogP contribution is 2.21. The minimum absolute atomic E-state index is 0.142. The Morgan fingerprint density at radius 2 is 2.06 bits per heavy atom. The number of hydrogen-bond acceptors (Lipinski definition) is 5. The summed E-state index contributed by atoms with van der Waals surface area (Å²) in [6.45, 7) is 1.85. The van der Waals surface area contributed by atoms with Gasteiger partial charge in [0.15, 0.2) is 0 Å². The summed E-state index contributed by atoms with van der Waals surface area (Å²) in [5, 5.41) is 0.412. The van der Waals surface area contributed by atoms with Crippen LogP contribution in [0.1, 0.15) is 5.56 Å². The van der Waals surface area contributed by atoms with Crippen LogP contribution in [0.3, 0.4) is 0 Å². The van der Waals surface area contributed by atoms with Crippen molar-refractivity contribution >= 4 is 15.8 Å². The van der Waals surface area contributed by atoms with Crippen LogP contribution in [0, 0.1) is 6.92 Å². The average molecular weight is 265 g/mol. The Bertz CT molecular complexity index is 671. The number of nitrogens with two attached hydrogens (primary N) is 1. The molecule has 0 saturated carbocycles. The molecular formula is C12H11NO4S. The number of aryl methyl sites for hydroxylation is 1. The highest BCUT2D eigenvalue weighted by Gasteiger charge is 2.27. The molecule has 94 valence electrons. The van der Waals surface area contributed by atoms with E-state index in [2.05, 4.69) is 0 Å². The number of sulfone groups is 1. The molecule has 0 fully saturated rings. The van der Waals surface area contributed by atoms with E-state index in [1.54, 1.807) is 18.2 Å². The summed E-state index contributed by atoms with van der Waals surface area (Å²) in [7, 11) is -3.64. The van der Waals surface area contributed by atoms with E-state index >= 15 is 0 Å². The van der Waals surface area contributed by atoms with Crippen molar-refractivity contribution in [2.75, 3.05) is 0 Å². The van der Waals surface area contributed by atoms with Crippen molar-refractivity contribution in [3.05, 3.63) is 51.9 Å². The predicted molar refractivity (Wildman–Crippen MR) is 66.1 cm³/mol. The van der Waals surface area contributed by atoms with Gasteiger partial charge in [-0.15, -0.1) is 0 Å². The summed E-state index contributed by atoms with van der Waals surface area (Å²) in [5.74, 6) is -0.437. The van der Waals surface area contributed by atoms with E-state index in [1.807, 2.05) is 13.0 Å². The van der Waals surface area contributed by atoms with E-state index in [4.69, 9.17) is 10.5 Å². The molecule has 1 aliphatic heterocycles. The van der Waals surface area contributed by atoms with E-state index in [9.17, 15) is 13.2 Å². The Balaban J connectivity index is 2.25. The molecule has 18 heavy (non-hydrogen) atoms. The van der Waals surface area contributed by atoms with Crippen LogP contribution in [0.5, 0.6) is 5.75 Å². The molecule has 2 rings (SSSR count). The summed E-state index contributed by atoms with van der Waals surface area (Å²) < 4.78 is 27.7. The van der Waals surface area contributed by atoms with Crippen molar-refractivity contribution in [2.45, 2.75) is 6.92 Å². The summed E-state index contributed by atoms with van der Waals surface area (Å²) in [6, 6.07) is 6.86. The minimum atomic E-state index is -3.64. The number of carbonyl (C=O) groups excluding carboxylic acids is 1. The van der Waals surface area contributed by atoms with Gasteiger partial charge >= 0.3 is 5.97 Å². The largest absolute Gasteiger partial charge is 0.423 e. The second-order valence-corrected chi connectivity index (χ2v) is 5.63. The molecule has 5 nitrogen and oxygen atoms in total. The Kier molecular flexibility index (Phi) is 2.96. The second-order valence-electron chi connectivity index (χ2n) is 3.83.